The Bertz CT molecular complexity index is 1230. The van der Waals surface area contributed by atoms with E-state index >= 15 is 0 Å². The zero-order chi connectivity index (χ0) is 20.5. The molecule has 1 aromatic carbocycles. The van der Waals surface area contributed by atoms with Gasteiger partial charge in [0.25, 0.3) is 0 Å². The van der Waals surface area contributed by atoms with E-state index in [-0.39, 0.29) is 0 Å². The third-order valence-corrected chi connectivity index (χ3v) is 4.95. The van der Waals surface area contributed by atoms with Crippen LogP contribution in [0.3, 0.4) is 0 Å². The first-order valence-corrected chi connectivity index (χ1v) is 9.46. The van der Waals surface area contributed by atoms with Crippen molar-refractivity contribution in [3.8, 4) is 16.9 Å². The van der Waals surface area contributed by atoms with Crippen molar-refractivity contribution < 1.29 is 14.3 Å². The van der Waals surface area contributed by atoms with Crippen LogP contribution in [-0.4, -0.2) is 34.2 Å². The van der Waals surface area contributed by atoms with Crippen LogP contribution in [0.5, 0.6) is 5.75 Å². The van der Waals surface area contributed by atoms with Crippen LogP contribution in [0.1, 0.15) is 24.2 Å². The summed E-state index contributed by atoms with van der Waals surface area (Å²) in [4.78, 5) is 21.0. The third kappa shape index (κ3) is 3.14. The molecule has 3 aromatic heterocycles. The summed E-state index contributed by atoms with van der Waals surface area (Å²) in [6.45, 7) is 4.79. The minimum absolute atomic E-state index is 0.300. The number of anilines is 1. The normalized spacial score (nSPS) is 11.1. The van der Waals surface area contributed by atoms with E-state index in [4.69, 9.17) is 15.2 Å². The molecule has 0 bridgehead atoms. The lowest BCUT2D eigenvalue weighted by Crippen LogP contribution is -2.09. The summed E-state index contributed by atoms with van der Waals surface area (Å²) in [6.07, 6.45) is 3.54. The SMILES string of the molecule is CCOC(=O)c1cc(OC)cc(-c2cc3cnc4nccc4c3n(CC)c2N)c1. The molecule has 7 nitrogen and oxygen atoms in total. The second kappa shape index (κ2) is 7.43. The van der Waals surface area contributed by atoms with Crippen molar-refractivity contribution in [3.05, 3.63) is 48.3 Å². The topological polar surface area (TPSA) is 92.3 Å². The Morgan fingerprint density at radius 3 is 2.72 bits per heavy atom. The average molecular weight is 390 g/mol. The lowest BCUT2D eigenvalue weighted by atomic mass is 10.0. The Balaban J connectivity index is 1.99. The summed E-state index contributed by atoms with van der Waals surface area (Å²) in [5.41, 5.74) is 10.3. The number of hydrogen-bond acceptors (Lipinski definition) is 6. The Labute approximate surface area is 168 Å². The highest BCUT2D eigenvalue weighted by atomic mass is 16.5. The average Bonchev–Trinajstić information content (AvgIpc) is 3.22. The molecule has 0 spiro atoms. The molecular weight excluding hydrogens is 368 g/mol. The van der Waals surface area contributed by atoms with Crippen LogP contribution in [0.2, 0.25) is 0 Å². The first kappa shape index (κ1) is 18.7. The number of carbonyl (C=O) groups is 1. The monoisotopic (exact) mass is 390 g/mol. The first-order valence-electron chi connectivity index (χ1n) is 9.46. The van der Waals surface area contributed by atoms with E-state index in [9.17, 15) is 4.79 Å². The van der Waals surface area contributed by atoms with Crippen LogP contribution in [-0.2, 0) is 11.3 Å². The van der Waals surface area contributed by atoms with E-state index in [0.717, 1.165) is 27.4 Å². The molecule has 0 amide bonds. The van der Waals surface area contributed by atoms with Crippen molar-refractivity contribution >= 4 is 33.7 Å². The quantitative estimate of drug-likeness (QED) is 0.517. The van der Waals surface area contributed by atoms with Gasteiger partial charge in [-0.25, -0.2) is 14.8 Å². The number of nitrogens with zero attached hydrogens (tertiary/aromatic N) is 3. The summed E-state index contributed by atoms with van der Waals surface area (Å²) in [5.74, 6) is 0.750. The number of methoxy groups -OCH3 is 1. The van der Waals surface area contributed by atoms with Crippen molar-refractivity contribution in [2.75, 3.05) is 19.5 Å². The Morgan fingerprint density at radius 1 is 1.17 bits per heavy atom. The zero-order valence-electron chi connectivity index (χ0n) is 16.6. The van der Waals surface area contributed by atoms with Crippen LogP contribution < -0.4 is 10.5 Å². The van der Waals surface area contributed by atoms with Gasteiger partial charge in [0.2, 0.25) is 0 Å². The fourth-order valence-electron chi connectivity index (χ4n) is 3.63. The van der Waals surface area contributed by atoms with Gasteiger partial charge in [-0.3, -0.25) is 0 Å². The van der Waals surface area contributed by atoms with Crippen LogP contribution in [0.15, 0.2) is 42.7 Å². The maximum absolute atomic E-state index is 12.3. The number of pyridine rings is 2. The first-order chi connectivity index (χ1) is 14.1. The summed E-state index contributed by atoms with van der Waals surface area (Å²) in [6, 6.07) is 9.22. The lowest BCUT2D eigenvalue weighted by molar-refractivity contribution is 0.0526. The van der Waals surface area contributed by atoms with Gasteiger partial charge >= 0.3 is 5.97 Å². The number of benzene rings is 1. The molecule has 4 rings (SSSR count). The summed E-state index contributed by atoms with van der Waals surface area (Å²) in [5, 5.41) is 1.90. The molecule has 0 radical (unpaired) electrons. The number of esters is 1. The summed E-state index contributed by atoms with van der Waals surface area (Å²) in [7, 11) is 1.56. The van der Waals surface area contributed by atoms with Crippen molar-refractivity contribution in [3.63, 3.8) is 0 Å². The van der Waals surface area contributed by atoms with Gasteiger partial charge in [-0.15, -0.1) is 0 Å². The molecule has 0 aliphatic carbocycles. The number of aryl methyl sites for hydroxylation is 1. The molecule has 0 saturated carbocycles. The number of carbonyl (C=O) groups excluding carboxylic acids is 1. The van der Waals surface area contributed by atoms with E-state index in [1.807, 2.05) is 29.7 Å². The molecule has 2 N–H and O–H groups in total. The fraction of sp³-hybridized carbons (Fsp3) is 0.227. The van der Waals surface area contributed by atoms with Gasteiger partial charge in [0.15, 0.2) is 5.65 Å². The molecule has 0 saturated heterocycles. The van der Waals surface area contributed by atoms with Crippen molar-refractivity contribution in [1.29, 1.82) is 0 Å². The smallest absolute Gasteiger partial charge is 0.338 e. The van der Waals surface area contributed by atoms with E-state index in [2.05, 4.69) is 9.97 Å². The Hall–Kier alpha value is -3.61. The Morgan fingerprint density at radius 2 is 2.00 bits per heavy atom. The maximum Gasteiger partial charge on any atom is 0.338 e. The number of nitrogen functional groups attached to an aromatic ring is 1. The van der Waals surface area contributed by atoms with Gasteiger partial charge in [0.05, 0.1) is 24.8 Å². The highest BCUT2D eigenvalue weighted by Gasteiger charge is 2.17. The number of hydrogen-bond donors (Lipinski definition) is 1. The molecule has 0 atom stereocenters. The van der Waals surface area contributed by atoms with Crippen LogP contribution in [0.4, 0.5) is 5.82 Å². The van der Waals surface area contributed by atoms with Gasteiger partial charge in [0.1, 0.15) is 11.6 Å². The van der Waals surface area contributed by atoms with Gasteiger partial charge < -0.3 is 19.8 Å². The lowest BCUT2D eigenvalue weighted by Gasteiger charge is -2.18. The van der Waals surface area contributed by atoms with Gasteiger partial charge in [-0.2, -0.15) is 0 Å². The number of nitrogens with two attached hydrogens (primary N) is 1. The highest BCUT2D eigenvalue weighted by molar-refractivity contribution is 6.05. The standard InChI is InChI=1S/C22H22N4O3/c1-4-26-19-15(12-25-21-17(19)6-7-24-21)11-18(20(26)23)13-8-14(22(27)29-5-2)10-16(9-13)28-3/h6-12H,4-5,23H2,1-3H3. The predicted octanol–water partition coefficient (Wildman–Crippen LogP) is 4.04. The van der Waals surface area contributed by atoms with E-state index in [0.29, 0.717) is 35.9 Å². The maximum atomic E-state index is 12.3. The predicted molar refractivity (Wildman–Crippen MR) is 113 cm³/mol. The van der Waals surface area contributed by atoms with Crippen LogP contribution in [0, 0.1) is 0 Å². The molecule has 4 aromatic rings. The molecule has 0 unspecified atom stereocenters. The molecule has 7 heteroatoms. The van der Waals surface area contributed by atoms with Crippen molar-refractivity contribution in [2.45, 2.75) is 20.4 Å². The van der Waals surface area contributed by atoms with E-state index in [1.54, 1.807) is 38.6 Å². The number of fused-ring (bicyclic) bond motifs is 3. The second-order valence-electron chi connectivity index (χ2n) is 6.60. The van der Waals surface area contributed by atoms with E-state index in [1.165, 1.54) is 0 Å². The summed E-state index contributed by atoms with van der Waals surface area (Å²) < 4.78 is 12.6. The number of rotatable bonds is 5. The molecule has 29 heavy (non-hydrogen) atoms. The number of ether oxygens (including phenoxy) is 2. The van der Waals surface area contributed by atoms with E-state index < -0.39 is 5.97 Å². The zero-order valence-corrected chi connectivity index (χ0v) is 16.6. The molecule has 0 aliphatic rings. The molecule has 0 aliphatic heterocycles. The van der Waals surface area contributed by atoms with Crippen LogP contribution in [0.25, 0.3) is 33.1 Å². The summed E-state index contributed by atoms with van der Waals surface area (Å²) >= 11 is 0. The van der Waals surface area contributed by atoms with Crippen molar-refractivity contribution in [2.24, 2.45) is 0 Å². The minimum Gasteiger partial charge on any atom is -0.497 e. The largest absolute Gasteiger partial charge is 0.497 e. The molecule has 3 heterocycles. The Kier molecular flexibility index (Phi) is 4.80. The van der Waals surface area contributed by atoms with Crippen LogP contribution >= 0.6 is 0 Å². The van der Waals surface area contributed by atoms with Gasteiger partial charge in [0, 0.05) is 35.3 Å². The highest BCUT2D eigenvalue weighted by Crippen LogP contribution is 2.35. The molecular formula is C22H22N4O3. The minimum atomic E-state index is -0.401. The molecule has 0 fully saturated rings. The van der Waals surface area contributed by atoms with Gasteiger partial charge in [-0.1, -0.05) is 0 Å². The fourth-order valence-corrected chi connectivity index (χ4v) is 3.63. The van der Waals surface area contributed by atoms with Gasteiger partial charge in [-0.05, 0) is 49.7 Å². The molecule has 148 valence electrons. The second-order valence-corrected chi connectivity index (χ2v) is 6.60. The number of aromatic nitrogens is 3. The third-order valence-electron chi connectivity index (χ3n) is 4.95. The van der Waals surface area contributed by atoms with Crippen molar-refractivity contribution in [1.82, 2.24) is 14.5 Å².